The van der Waals surface area contributed by atoms with Crippen LogP contribution in [0.15, 0.2) is 0 Å². The van der Waals surface area contributed by atoms with Crippen LogP contribution in [0.3, 0.4) is 0 Å². The van der Waals surface area contributed by atoms with Gasteiger partial charge in [-0.25, -0.2) is 4.79 Å². The highest BCUT2D eigenvalue weighted by atomic mass is 16.4. The number of hydrogen-bond acceptors (Lipinski definition) is 4. The molecule has 0 aromatic rings. The maximum absolute atomic E-state index is 12.1. The van der Waals surface area contributed by atoms with Gasteiger partial charge in [0.05, 0.1) is 0 Å². The van der Waals surface area contributed by atoms with Crippen molar-refractivity contribution in [2.45, 2.75) is 102 Å². The van der Waals surface area contributed by atoms with Crippen molar-refractivity contribution in [1.29, 1.82) is 0 Å². The molecule has 0 aliphatic heterocycles. The van der Waals surface area contributed by atoms with E-state index in [1.165, 1.54) is 44.9 Å². The number of carbonyl (C=O) groups excluding carboxylic acids is 2. The first-order chi connectivity index (χ1) is 11.8. The van der Waals surface area contributed by atoms with Gasteiger partial charge in [0, 0.05) is 12.8 Å². The van der Waals surface area contributed by atoms with Crippen molar-refractivity contribution in [3.63, 3.8) is 0 Å². The minimum absolute atomic E-state index is 0.137. The Bertz CT molecular complexity index is 412. The fraction of sp³-hybridized carbons (Fsp3) is 0.842. The molecule has 1 amide bonds. The van der Waals surface area contributed by atoms with Crippen LogP contribution in [0.4, 0.5) is 0 Å². The lowest BCUT2D eigenvalue weighted by molar-refractivity contribution is -0.148. The third kappa shape index (κ3) is 10.9. The van der Waals surface area contributed by atoms with Crippen molar-refractivity contribution in [3.8, 4) is 0 Å². The van der Waals surface area contributed by atoms with Gasteiger partial charge in [0.15, 0.2) is 11.3 Å². The Hall–Kier alpha value is -1.43. The standard InChI is InChI=1S/C19H36N2O4/c1-2-3-4-5-6-7-8-9-10-11-12-13-16(22)19(21,18(24)25)15-14-17(20)23/h2-15,21H2,1H3,(H2,20,23)(H,24,25). The normalized spacial score (nSPS) is 13.4. The predicted octanol–water partition coefficient (Wildman–Crippen LogP) is 3.30. The van der Waals surface area contributed by atoms with Crippen molar-refractivity contribution in [2.24, 2.45) is 11.5 Å². The van der Waals surface area contributed by atoms with E-state index in [1.807, 2.05) is 0 Å². The zero-order valence-electron chi connectivity index (χ0n) is 15.7. The molecule has 0 fully saturated rings. The number of carboxylic acids is 1. The van der Waals surface area contributed by atoms with Crippen LogP contribution in [-0.4, -0.2) is 28.3 Å². The second-order valence-electron chi connectivity index (χ2n) is 6.95. The zero-order valence-corrected chi connectivity index (χ0v) is 15.7. The molecular weight excluding hydrogens is 320 g/mol. The Morgan fingerprint density at radius 2 is 1.24 bits per heavy atom. The molecule has 146 valence electrons. The van der Waals surface area contributed by atoms with E-state index >= 15 is 0 Å². The van der Waals surface area contributed by atoms with Crippen LogP contribution < -0.4 is 11.5 Å². The molecule has 0 aliphatic carbocycles. The second kappa shape index (κ2) is 13.8. The van der Waals surface area contributed by atoms with E-state index in [9.17, 15) is 19.5 Å². The highest BCUT2D eigenvalue weighted by molar-refractivity contribution is 6.07. The average Bonchev–Trinajstić information content (AvgIpc) is 2.57. The maximum Gasteiger partial charge on any atom is 0.331 e. The molecule has 25 heavy (non-hydrogen) atoms. The molecule has 0 saturated heterocycles. The van der Waals surface area contributed by atoms with Crippen LogP contribution in [0.25, 0.3) is 0 Å². The molecule has 6 nitrogen and oxygen atoms in total. The van der Waals surface area contributed by atoms with Crippen LogP contribution in [0.1, 0.15) is 96.8 Å². The first-order valence-corrected chi connectivity index (χ1v) is 9.68. The summed E-state index contributed by atoms with van der Waals surface area (Å²) >= 11 is 0. The molecule has 0 radical (unpaired) electrons. The van der Waals surface area contributed by atoms with Crippen molar-refractivity contribution in [3.05, 3.63) is 0 Å². The molecule has 0 aromatic heterocycles. The van der Waals surface area contributed by atoms with Gasteiger partial charge in [0.25, 0.3) is 0 Å². The quantitative estimate of drug-likeness (QED) is 0.272. The zero-order chi connectivity index (χ0) is 19.1. The van der Waals surface area contributed by atoms with Crippen LogP contribution in [0, 0.1) is 0 Å². The maximum atomic E-state index is 12.1. The largest absolute Gasteiger partial charge is 0.480 e. The van der Waals surface area contributed by atoms with E-state index in [1.54, 1.807) is 0 Å². The van der Waals surface area contributed by atoms with Gasteiger partial charge in [0.1, 0.15) is 0 Å². The highest BCUT2D eigenvalue weighted by Gasteiger charge is 2.41. The number of carbonyl (C=O) groups is 3. The van der Waals surface area contributed by atoms with Gasteiger partial charge in [-0.1, -0.05) is 71.1 Å². The fourth-order valence-corrected chi connectivity index (χ4v) is 2.86. The van der Waals surface area contributed by atoms with Crippen molar-refractivity contribution in [2.75, 3.05) is 0 Å². The summed E-state index contributed by atoms with van der Waals surface area (Å²) in [4.78, 5) is 34.2. The topological polar surface area (TPSA) is 123 Å². The number of carboxylic acid groups (broad SMARTS) is 1. The number of amides is 1. The number of unbranched alkanes of at least 4 members (excludes halogenated alkanes) is 10. The van der Waals surface area contributed by atoms with Gasteiger partial charge in [0.2, 0.25) is 5.91 Å². The molecule has 0 aliphatic rings. The Morgan fingerprint density at radius 3 is 1.64 bits per heavy atom. The second-order valence-corrected chi connectivity index (χ2v) is 6.95. The Balaban J connectivity index is 3.82. The highest BCUT2D eigenvalue weighted by Crippen LogP contribution is 2.17. The molecular formula is C19H36N2O4. The number of nitrogens with two attached hydrogens (primary N) is 2. The van der Waals surface area contributed by atoms with Crippen molar-refractivity contribution >= 4 is 17.7 Å². The number of primary amides is 1. The molecule has 1 atom stereocenters. The van der Waals surface area contributed by atoms with Crippen molar-refractivity contribution in [1.82, 2.24) is 0 Å². The third-order valence-electron chi connectivity index (χ3n) is 4.65. The summed E-state index contributed by atoms with van der Waals surface area (Å²) in [5.74, 6) is -2.56. The molecule has 6 heteroatoms. The Labute approximate surface area is 151 Å². The van der Waals surface area contributed by atoms with Gasteiger partial charge >= 0.3 is 5.97 Å². The molecule has 0 rings (SSSR count). The number of hydrogen-bond donors (Lipinski definition) is 3. The Morgan fingerprint density at radius 1 is 0.800 bits per heavy atom. The Kier molecular flexibility index (Phi) is 13.0. The molecule has 5 N–H and O–H groups in total. The lowest BCUT2D eigenvalue weighted by atomic mass is 9.87. The third-order valence-corrected chi connectivity index (χ3v) is 4.65. The van der Waals surface area contributed by atoms with E-state index in [2.05, 4.69) is 6.92 Å². The average molecular weight is 357 g/mol. The molecule has 0 spiro atoms. The molecule has 0 aromatic carbocycles. The van der Waals surface area contributed by atoms with E-state index in [-0.39, 0.29) is 19.3 Å². The van der Waals surface area contributed by atoms with Gasteiger partial charge in [-0.05, 0) is 12.8 Å². The molecule has 0 heterocycles. The minimum atomic E-state index is -1.99. The van der Waals surface area contributed by atoms with Gasteiger partial charge in [-0.3, -0.25) is 9.59 Å². The fourth-order valence-electron chi connectivity index (χ4n) is 2.86. The summed E-state index contributed by atoms with van der Waals surface area (Å²) in [6.45, 7) is 2.22. The lowest BCUT2D eigenvalue weighted by Crippen LogP contribution is -2.55. The number of rotatable bonds is 17. The van der Waals surface area contributed by atoms with Crippen LogP contribution in [0.2, 0.25) is 0 Å². The van der Waals surface area contributed by atoms with Crippen LogP contribution in [0.5, 0.6) is 0 Å². The number of Topliss-reactive ketones (excluding diaryl/α,β-unsaturated/α-hetero) is 1. The summed E-state index contributed by atoms with van der Waals surface area (Å²) in [5, 5.41) is 9.20. The summed E-state index contributed by atoms with van der Waals surface area (Å²) in [5.41, 5.74) is 8.73. The number of ketones is 1. The summed E-state index contributed by atoms with van der Waals surface area (Å²) in [6.07, 6.45) is 12.5. The minimum Gasteiger partial charge on any atom is -0.480 e. The molecule has 1 unspecified atom stereocenters. The van der Waals surface area contributed by atoms with Crippen LogP contribution >= 0.6 is 0 Å². The monoisotopic (exact) mass is 356 g/mol. The first kappa shape index (κ1) is 23.6. The van der Waals surface area contributed by atoms with Crippen LogP contribution in [-0.2, 0) is 14.4 Å². The lowest BCUT2D eigenvalue weighted by Gasteiger charge is -2.22. The first-order valence-electron chi connectivity index (χ1n) is 9.68. The van der Waals surface area contributed by atoms with E-state index in [4.69, 9.17) is 11.5 Å². The van der Waals surface area contributed by atoms with Gasteiger partial charge in [-0.2, -0.15) is 0 Å². The van der Waals surface area contributed by atoms with Gasteiger partial charge < -0.3 is 16.6 Å². The van der Waals surface area contributed by atoms with E-state index in [0.717, 1.165) is 19.3 Å². The number of aliphatic carboxylic acids is 1. The summed E-state index contributed by atoms with van der Waals surface area (Å²) in [7, 11) is 0. The van der Waals surface area contributed by atoms with Gasteiger partial charge in [-0.15, -0.1) is 0 Å². The molecule has 0 bridgehead atoms. The van der Waals surface area contributed by atoms with E-state index < -0.39 is 23.2 Å². The molecule has 0 saturated carbocycles. The smallest absolute Gasteiger partial charge is 0.331 e. The summed E-state index contributed by atoms with van der Waals surface area (Å²) < 4.78 is 0. The summed E-state index contributed by atoms with van der Waals surface area (Å²) in [6, 6.07) is 0. The SMILES string of the molecule is CCCCCCCCCCCCCC(=O)C(N)(CCC(N)=O)C(=O)O. The predicted molar refractivity (Wildman–Crippen MR) is 99.1 cm³/mol. The van der Waals surface area contributed by atoms with E-state index in [0.29, 0.717) is 6.42 Å². The van der Waals surface area contributed by atoms with Crippen molar-refractivity contribution < 1.29 is 19.5 Å².